The molecule has 1 aromatic heterocycles. The lowest BCUT2D eigenvalue weighted by Crippen LogP contribution is -2.14. The van der Waals surface area contributed by atoms with Crippen LogP contribution < -0.4 is 15.4 Å². The summed E-state index contributed by atoms with van der Waals surface area (Å²) in [4.78, 5) is 42.8. The van der Waals surface area contributed by atoms with Crippen LogP contribution in [0.5, 0.6) is 5.75 Å². The lowest BCUT2D eigenvalue weighted by Gasteiger charge is -2.11. The minimum absolute atomic E-state index is 0.0637. The maximum Gasteiger partial charge on any atom is 0.336 e. The number of carbonyl (C=O) groups excluding carboxylic acids is 2. The fourth-order valence-electron chi connectivity index (χ4n) is 4.19. The molecule has 40 heavy (non-hydrogen) atoms. The molecule has 1 heterocycles. The molecule has 200 valence electrons. The Balaban J connectivity index is 1.23. The molecule has 5 rings (SSSR count). The minimum atomic E-state index is -1.10. The summed E-state index contributed by atoms with van der Waals surface area (Å²) in [7, 11) is 1.60. The Morgan fingerprint density at radius 2 is 1.68 bits per heavy atom. The van der Waals surface area contributed by atoms with E-state index in [1.807, 2.05) is 35.7 Å². The summed E-state index contributed by atoms with van der Waals surface area (Å²) in [6.07, 6.45) is 0. The number of hydrogen-bond donors (Lipinski definition) is 3. The van der Waals surface area contributed by atoms with E-state index in [0.717, 1.165) is 16.2 Å². The Labute approximate surface area is 238 Å². The number of ether oxygens (including phenoxy) is 1. The number of nitrogens with zero attached hydrogens (tertiary/aromatic N) is 1. The average molecular weight is 570 g/mol. The molecule has 8 nitrogen and oxygen atoms in total. The number of thiazole rings is 1. The quantitative estimate of drug-likeness (QED) is 0.170. The predicted molar refractivity (Wildman–Crippen MR) is 159 cm³/mol. The van der Waals surface area contributed by atoms with Crippen molar-refractivity contribution in [3.8, 4) is 17.0 Å². The van der Waals surface area contributed by atoms with Gasteiger partial charge >= 0.3 is 5.97 Å². The molecule has 0 saturated heterocycles. The standard InChI is InChI=1S/C30H23N3O5S2/c1-38-25-14-3-2-11-21(25)24-16-40-30(32-24)33-26(34)17-39-20-10-6-9-19(15-20)31-28(35)22-12-4-7-18-8-5-13-23(27(18)22)29(36)37/h2-16H,17H2,1H3,(H,31,35)(H,36,37)(H,32,33,34). The van der Waals surface area contributed by atoms with Crippen molar-refractivity contribution in [2.24, 2.45) is 0 Å². The number of nitrogens with one attached hydrogen (secondary N) is 2. The highest BCUT2D eigenvalue weighted by Gasteiger charge is 2.17. The predicted octanol–water partition coefficient (Wildman–Crippen LogP) is 6.65. The number of hydrogen-bond acceptors (Lipinski definition) is 7. The van der Waals surface area contributed by atoms with Crippen molar-refractivity contribution in [2.75, 3.05) is 23.5 Å². The number of fused-ring (bicyclic) bond motifs is 1. The summed E-state index contributed by atoms with van der Waals surface area (Å²) in [5.74, 6) is -0.884. The third-order valence-corrected chi connectivity index (χ3v) is 7.73. The van der Waals surface area contributed by atoms with Gasteiger partial charge in [-0.05, 0) is 47.9 Å². The normalized spacial score (nSPS) is 10.7. The average Bonchev–Trinajstić information content (AvgIpc) is 3.43. The van der Waals surface area contributed by atoms with Crippen LogP contribution in [0.3, 0.4) is 0 Å². The highest BCUT2D eigenvalue weighted by Crippen LogP contribution is 2.32. The molecule has 0 aliphatic carbocycles. The maximum absolute atomic E-state index is 13.1. The summed E-state index contributed by atoms with van der Waals surface area (Å²) in [5.41, 5.74) is 2.42. The van der Waals surface area contributed by atoms with E-state index in [-0.39, 0.29) is 22.8 Å². The molecule has 3 N–H and O–H groups in total. The van der Waals surface area contributed by atoms with E-state index >= 15 is 0 Å². The molecule has 5 aromatic rings. The van der Waals surface area contributed by atoms with Crippen LogP contribution in [0.25, 0.3) is 22.0 Å². The monoisotopic (exact) mass is 569 g/mol. The second-order valence-electron chi connectivity index (χ2n) is 8.57. The molecular formula is C30H23N3O5S2. The highest BCUT2D eigenvalue weighted by atomic mass is 32.2. The van der Waals surface area contributed by atoms with Crippen LogP contribution >= 0.6 is 23.1 Å². The zero-order valence-electron chi connectivity index (χ0n) is 21.2. The number of carboxylic acid groups (broad SMARTS) is 1. The zero-order chi connectivity index (χ0) is 28.1. The van der Waals surface area contributed by atoms with Gasteiger partial charge in [-0.2, -0.15) is 0 Å². The van der Waals surface area contributed by atoms with Gasteiger partial charge in [0.05, 0.1) is 24.1 Å². The molecule has 0 atom stereocenters. The van der Waals surface area contributed by atoms with Gasteiger partial charge in [0.1, 0.15) is 5.75 Å². The van der Waals surface area contributed by atoms with Gasteiger partial charge in [-0.3, -0.25) is 9.59 Å². The van der Waals surface area contributed by atoms with Gasteiger partial charge < -0.3 is 20.5 Å². The second-order valence-corrected chi connectivity index (χ2v) is 10.5. The fraction of sp³-hybridized carbons (Fsp3) is 0.0667. The number of anilines is 2. The van der Waals surface area contributed by atoms with Gasteiger partial charge in [0.15, 0.2) is 5.13 Å². The molecule has 0 aliphatic heterocycles. The van der Waals surface area contributed by atoms with Crippen LogP contribution in [0, 0.1) is 0 Å². The number of amides is 2. The first kappa shape index (κ1) is 26.9. The highest BCUT2D eigenvalue weighted by molar-refractivity contribution is 8.00. The molecule has 0 bridgehead atoms. The van der Waals surface area contributed by atoms with Gasteiger partial charge in [0, 0.05) is 32.5 Å². The van der Waals surface area contributed by atoms with E-state index < -0.39 is 11.9 Å². The van der Waals surface area contributed by atoms with Crippen molar-refractivity contribution in [3.63, 3.8) is 0 Å². The third kappa shape index (κ3) is 5.98. The molecule has 4 aromatic carbocycles. The summed E-state index contributed by atoms with van der Waals surface area (Å²) in [6.45, 7) is 0. The number of rotatable bonds is 9. The van der Waals surface area contributed by atoms with Gasteiger partial charge in [-0.25, -0.2) is 9.78 Å². The van der Waals surface area contributed by atoms with E-state index in [1.165, 1.54) is 29.2 Å². The van der Waals surface area contributed by atoms with Crippen molar-refractivity contribution < 1.29 is 24.2 Å². The summed E-state index contributed by atoms with van der Waals surface area (Å²) < 4.78 is 5.39. The molecule has 0 radical (unpaired) electrons. The maximum atomic E-state index is 13.1. The number of aromatic carboxylic acids is 1. The van der Waals surface area contributed by atoms with E-state index in [1.54, 1.807) is 55.6 Å². The molecule has 0 unspecified atom stereocenters. The van der Waals surface area contributed by atoms with E-state index in [4.69, 9.17) is 4.74 Å². The second kappa shape index (κ2) is 12.0. The molecule has 0 fully saturated rings. The van der Waals surface area contributed by atoms with E-state index in [2.05, 4.69) is 15.6 Å². The lowest BCUT2D eigenvalue weighted by atomic mass is 9.98. The number of thioether (sulfide) groups is 1. The first-order valence-corrected chi connectivity index (χ1v) is 14.0. The van der Waals surface area contributed by atoms with Crippen molar-refractivity contribution >= 4 is 62.5 Å². The number of aromatic nitrogens is 1. The number of methoxy groups -OCH3 is 1. The van der Waals surface area contributed by atoms with Crippen molar-refractivity contribution in [2.45, 2.75) is 4.90 Å². The summed E-state index contributed by atoms with van der Waals surface area (Å²) >= 11 is 2.65. The van der Waals surface area contributed by atoms with Crippen molar-refractivity contribution in [1.29, 1.82) is 0 Å². The number of carbonyl (C=O) groups is 3. The molecule has 0 spiro atoms. The first-order valence-electron chi connectivity index (χ1n) is 12.1. The van der Waals surface area contributed by atoms with Gasteiger partial charge in [-0.1, -0.05) is 42.5 Å². The van der Waals surface area contributed by atoms with Crippen molar-refractivity contribution in [3.05, 3.63) is 101 Å². The summed E-state index contributed by atoms with van der Waals surface area (Å²) in [6, 6.07) is 24.7. The third-order valence-electron chi connectivity index (χ3n) is 5.98. The van der Waals surface area contributed by atoms with Crippen LogP contribution in [0.2, 0.25) is 0 Å². The zero-order valence-corrected chi connectivity index (χ0v) is 22.8. The van der Waals surface area contributed by atoms with Crippen LogP contribution in [-0.4, -0.2) is 40.7 Å². The Bertz CT molecular complexity index is 1730. The lowest BCUT2D eigenvalue weighted by molar-refractivity contribution is -0.113. The molecule has 10 heteroatoms. The van der Waals surface area contributed by atoms with Gasteiger partial charge in [-0.15, -0.1) is 23.1 Å². The molecule has 2 amide bonds. The van der Waals surface area contributed by atoms with E-state index in [9.17, 15) is 19.5 Å². The topological polar surface area (TPSA) is 118 Å². The van der Waals surface area contributed by atoms with Crippen LogP contribution in [0.1, 0.15) is 20.7 Å². The van der Waals surface area contributed by atoms with Gasteiger partial charge in [0.25, 0.3) is 5.91 Å². The van der Waals surface area contributed by atoms with Crippen molar-refractivity contribution in [1.82, 2.24) is 4.98 Å². The summed E-state index contributed by atoms with van der Waals surface area (Å²) in [5, 5.41) is 18.7. The van der Waals surface area contributed by atoms with Crippen LogP contribution in [0.4, 0.5) is 10.8 Å². The first-order chi connectivity index (χ1) is 19.4. The minimum Gasteiger partial charge on any atom is -0.496 e. The Morgan fingerprint density at radius 1 is 0.925 bits per heavy atom. The smallest absolute Gasteiger partial charge is 0.336 e. The molecule has 0 saturated carbocycles. The Kier molecular flexibility index (Phi) is 8.09. The Morgan fingerprint density at radius 3 is 2.45 bits per heavy atom. The molecule has 0 aliphatic rings. The molecular weight excluding hydrogens is 546 g/mol. The van der Waals surface area contributed by atoms with Gasteiger partial charge in [0.2, 0.25) is 5.91 Å². The number of para-hydroxylation sites is 1. The number of benzene rings is 4. The number of carboxylic acids is 1. The van der Waals surface area contributed by atoms with Crippen LogP contribution in [0.15, 0.2) is 95.2 Å². The Hall–Kier alpha value is -4.67. The van der Waals surface area contributed by atoms with Crippen LogP contribution in [-0.2, 0) is 4.79 Å². The largest absolute Gasteiger partial charge is 0.496 e. The van der Waals surface area contributed by atoms with E-state index in [0.29, 0.717) is 27.3 Å². The fourth-order valence-corrected chi connectivity index (χ4v) is 5.67. The SMILES string of the molecule is COc1ccccc1-c1csc(NC(=O)CSc2cccc(NC(=O)c3cccc4cccc(C(=O)O)c34)c2)n1.